The molecule has 0 spiro atoms. The van der Waals surface area contributed by atoms with E-state index in [0.717, 1.165) is 18.5 Å². The van der Waals surface area contributed by atoms with Gasteiger partial charge in [0.15, 0.2) is 6.67 Å². The molecule has 0 bridgehead atoms. The fraction of sp³-hybridized carbons (Fsp3) is 0.400. The Morgan fingerprint density at radius 3 is 2.77 bits per heavy atom. The van der Waals surface area contributed by atoms with E-state index in [9.17, 15) is 9.59 Å². The number of quaternary nitrogens is 1. The van der Waals surface area contributed by atoms with Gasteiger partial charge in [0.2, 0.25) is 0 Å². The quantitative estimate of drug-likeness (QED) is 0.810. The van der Waals surface area contributed by atoms with E-state index in [4.69, 9.17) is 0 Å². The molecule has 2 aliphatic heterocycles. The summed E-state index contributed by atoms with van der Waals surface area (Å²) in [7, 11) is 0. The number of hydrogen-bond donors (Lipinski definition) is 2. The number of rotatable bonds is 4. The van der Waals surface area contributed by atoms with Gasteiger partial charge < -0.3 is 10.2 Å². The zero-order valence-corrected chi connectivity index (χ0v) is 15.9. The highest BCUT2D eigenvalue weighted by Gasteiger charge is 2.52. The molecule has 1 aromatic heterocycles. The molecule has 0 aliphatic carbocycles. The number of fused-ring (bicyclic) bond motifs is 1. The first kappa shape index (κ1) is 17.2. The molecule has 0 radical (unpaired) electrons. The van der Waals surface area contributed by atoms with E-state index in [1.807, 2.05) is 37.3 Å². The van der Waals surface area contributed by atoms with Crippen molar-refractivity contribution in [2.24, 2.45) is 0 Å². The summed E-state index contributed by atoms with van der Waals surface area (Å²) in [5.74, 6) is -0.132. The van der Waals surface area contributed by atoms with E-state index < -0.39 is 5.54 Å². The van der Waals surface area contributed by atoms with Crippen LogP contribution >= 0.6 is 11.3 Å². The zero-order valence-electron chi connectivity index (χ0n) is 15.1. The molecule has 1 aromatic carbocycles. The Morgan fingerprint density at radius 2 is 2.04 bits per heavy atom. The third kappa shape index (κ3) is 2.56. The van der Waals surface area contributed by atoms with Crippen LogP contribution in [0.1, 0.15) is 42.3 Å². The van der Waals surface area contributed by atoms with Crippen molar-refractivity contribution in [2.45, 2.75) is 38.3 Å². The number of amides is 3. The van der Waals surface area contributed by atoms with E-state index in [0.29, 0.717) is 19.1 Å². The maximum Gasteiger partial charge on any atom is 0.329 e. The van der Waals surface area contributed by atoms with Gasteiger partial charge in [0, 0.05) is 16.9 Å². The van der Waals surface area contributed by atoms with Gasteiger partial charge in [-0.25, -0.2) is 9.69 Å². The molecule has 4 rings (SSSR count). The summed E-state index contributed by atoms with van der Waals surface area (Å²) in [4.78, 5) is 30.1. The predicted octanol–water partition coefficient (Wildman–Crippen LogP) is 2.06. The first-order chi connectivity index (χ1) is 12.6. The van der Waals surface area contributed by atoms with Crippen molar-refractivity contribution < 1.29 is 14.5 Å². The number of urea groups is 1. The van der Waals surface area contributed by atoms with E-state index in [1.54, 1.807) is 11.3 Å². The Morgan fingerprint density at radius 1 is 1.27 bits per heavy atom. The molecule has 0 saturated carbocycles. The van der Waals surface area contributed by atoms with E-state index in [1.165, 1.54) is 20.2 Å². The summed E-state index contributed by atoms with van der Waals surface area (Å²) in [6.45, 7) is 5.48. The van der Waals surface area contributed by atoms with E-state index >= 15 is 0 Å². The van der Waals surface area contributed by atoms with Crippen molar-refractivity contribution in [3.05, 3.63) is 57.8 Å². The average molecular weight is 370 g/mol. The number of nitrogens with zero attached hydrogens (tertiary/aromatic N) is 1. The summed E-state index contributed by atoms with van der Waals surface area (Å²) in [6, 6.07) is 11.8. The topological polar surface area (TPSA) is 53.9 Å². The summed E-state index contributed by atoms with van der Waals surface area (Å²) >= 11 is 1.80. The molecule has 2 aromatic rings. The van der Waals surface area contributed by atoms with Gasteiger partial charge in [-0.3, -0.25) is 4.79 Å². The molecular formula is C20H24N3O2S+. The number of hydrogen-bond acceptors (Lipinski definition) is 3. The molecule has 1 saturated heterocycles. The van der Waals surface area contributed by atoms with Gasteiger partial charge in [-0.2, -0.15) is 0 Å². The van der Waals surface area contributed by atoms with Gasteiger partial charge in [0.1, 0.15) is 11.6 Å². The molecule has 1 fully saturated rings. The largest absolute Gasteiger partial charge is 0.329 e. The minimum Gasteiger partial charge on any atom is -0.319 e. The SMILES string of the molecule is CC[C@]1(c2ccccc2)NC(=O)N(C[NH+]2CCc3sccc3[C@@H]2C)C1=O. The number of imide groups is 1. The lowest BCUT2D eigenvalue weighted by Gasteiger charge is -2.32. The Hall–Kier alpha value is -2.18. The van der Waals surface area contributed by atoms with Crippen LogP contribution in [-0.4, -0.2) is 30.1 Å². The molecule has 136 valence electrons. The number of nitrogens with one attached hydrogen (secondary N) is 2. The second kappa shape index (κ2) is 6.52. The van der Waals surface area contributed by atoms with Crippen LogP contribution in [0.4, 0.5) is 4.79 Å². The van der Waals surface area contributed by atoms with Gasteiger partial charge in [-0.05, 0) is 30.4 Å². The minimum atomic E-state index is -0.940. The Balaban J connectivity index is 1.59. The molecule has 5 nitrogen and oxygen atoms in total. The Kier molecular flexibility index (Phi) is 4.32. The highest BCUT2D eigenvalue weighted by Crippen LogP contribution is 2.32. The fourth-order valence-corrected chi connectivity index (χ4v) is 5.18. The van der Waals surface area contributed by atoms with Crippen LogP contribution < -0.4 is 10.2 Å². The monoisotopic (exact) mass is 370 g/mol. The fourth-order valence-electron chi connectivity index (χ4n) is 4.20. The number of benzene rings is 1. The lowest BCUT2D eigenvalue weighted by Crippen LogP contribution is -3.14. The normalized spacial score (nSPS) is 28.2. The van der Waals surface area contributed by atoms with Crippen molar-refractivity contribution in [3.8, 4) is 0 Å². The summed E-state index contributed by atoms with van der Waals surface area (Å²) < 4.78 is 0. The van der Waals surface area contributed by atoms with Crippen LogP contribution in [0.25, 0.3) is 0 Å². The van der Waals surface area contributed by atoms with Crippen LogP contribution in [0.5, 0.6) is 0 Å². The average Bonchev–Trinajstić information content (AvgIpc) is 3.23. The van der Waals surface area contributed by atoms with Crippen LogP contribution in [0, 0.1) is 0 Å². The molecule has 2 N–H and O–H groups in total. The van der Waals surface area contributed by atoms with Crippen LogP contribution in [0.2, 0.25) is 0 Å². The molecule has 2 aliphatic rings. The third-order valence-electron chi connectivity index (χ3n) is 5.87. The number of carbonyl (C=O) groups is 2. The molecule has 6 heteroatoms. The number of thiophene rings is 1. The van der Waals surface area contributed by atoms with Gasteiger partial charge in [-0.15, -0.1) is 11.3 Å². The van der Waals surface area contributed by atoms with Crippen LogP contribution in [-0.2, 0) is 16.8 Å². The molecule has 3 heterocycles. The smallest absolute Gasteiger partial charge is 0.319 e. The highest BCUT2D eigenvalue weighted by molar-refractivity contribution is 7.10. The molecule has 3 amide bonds. The maximum absolute atomic E-state index is 13.3. The van der Waals surface area contributed by atoms with Crippen molar-refractivity contribution in [1.29, 1.82) is 0 Å². The summed E-state index contributed by atoms with van der Waals surface area (Å²) in [5, 5.41) is 5.11. The van der Waals surface area contributed by atoms with Crippen LogP contribution in [0.3, 0.4) is 0 Å². The Bertz CT molecular complexity index is 835. The summed E-state index contributed by atoms with van der Waals surface area (Å²) in [6.07, 6.45) is 1.55. The summed E-state index contributed by atoms with van der Waals surface area (Å²) in [5.41, 5.74) is 1.27. The second-order valence-electron chi connectivity index (χ2n) is 7.13. The molecule has 26 heavy (non-hydrogen) atoms. The second-order valence-corrected chi connectivity index (χ2v) is 8.13. The van der Waals surface area contributed by atoms with Gasteiger partial charge in [0.05, 0.1) is 6.54 Å². The number of carbonyl (C=O) groups excluding carboxylic acids is 2. The molecule has 1 unspecified atom stereocenters. The third-order valence-corrected chi connectivity index (χ3v) is 6.86. The predicted molar refractivity (Wildman–Crippen MR) is 101 cm³/mol. The first-order valence-electron chi connectivity index (χ1n) is 9.17. The lowest BCUT2D eigenvalue weighted by molar-refractivity contribution is -0.938. The van der Waals surface area contributed by atoms with Gasteiger partial charge in [-0.1, -0.05) is 37.3 Å². The van der Waals surface area contributed by atoms with Crippen molar-refractivity contribution in [2.75, 3.05) is 13.2 Å². The van der Waals surface area contributed by atoms with E-state index in [2.05, 4.69) is 23.7 Å². The standard InChI is InChI=1S/C20H23N3O2S/c1-3-20(15-7-5-4-6-8-15)18(24)23(19(25)21-20)13-22-11-9-17-16(14(22)2)10-12-26-17/h4-8,10,12,14H,3,9,11,13H2,1-2H3,(H,21,25)/p+1/t14-,20+/m0/s1. The highest BCUT2D eigenvalue weighted by atomic mass is 32.1. The molecule has 3 atom stereocenters. The van der Waals surface area contributed by atoms with Crippen molar-refractivity contribution in [3.63, 3.8) is 0 Å². The van der Waals surface area contributed by atoms with E-state index in [-0.39, 0.29) is 11.9 Å². The minimum absolute atomic E-state index is 0.132. The van der Waals surface area contributed by atoms with Crippen LogP contribution in [0.15, 0.2) is 41.8 Å². The Labute approximate surface area is 157 Å². The first-order valence-corrected chi connectivity index (χ1v) is 10.0. The zero-order chi connectivity index (χ0) is 18.3. The van der Waals surface area contributed by atoms with Gasteiger partial charge in [0.25, 0.3) is 5.91 Å². The molecular weight excluding hydrogens is 346 g/mol. The van der Waals surface area contributed by atoms with Crippen molar-refractivity contribution in [1.82, 2.24) is 10.2 Å². The maximum atomic E-state index is 13.3. The van der Waals surface area contributed by atoms with Crippen molar-refractivity contribution >= 4 is 23.3 Å². The lowest BCUT2D eigenvalue weighted by atomic mass is 9.87. The van der Waals surface area contributed by atoms with Gasteiger partial charge >= 0.3 is 6.03 Å².